The zero-order valence-electron chi connectivity index (χ0n) is 36.6. The van der Waals surface area contributed by atoms with Gasteiger partial charge in [0.05, 0.1) is 0 Å². The Morgan fingerprint density at radius 2 is 1.23 bits per heavy atom. The fraction of sp³-hybridized carbons (Fsp3) is 0.370. The Bertz CT molecular complexity index is 2270. The van der Waals surface area contributed by atoms with Gasteiger partial charge in [-0.15, -0.1) is 0 Å². The number of piperidine rings is 1. The SMILES string of the molecule is C[C@H]1CN(Cc2cccc(-c3cc(CNC(=O)c4cccc(CC5CCNCC5)c4)ccc3F)c2)CCN1C(=O)OCc1ccccc1.O=C(O)C(F)(F)F.O=C(O)C(F)(F)F.O=C(O)C(F)(F)F. The van der Waals surface area contributed by atoms with Gasteiger partial charge in [-0.3, -0.25) is 9.69 Å². The maximum Gasteiger partial charge on any atom is 0.490 e. The molecule has 23 heteroatoms. The number of carbonyl (C=O) groups is 5. The molecule has 69 heavy (non-hydrogen) atoms. The number of carbonyl (C=O) groups excluding carboxylic acids is 2. The first-order valence-corrected chi connectivity index (χ1v) is 20.8. The first kappa shape index (κ1) is 56.6. The summed E-state index contributed by atoms with van der Waals surface area (Å²) in [5, 5.41) is 27.8. The zero-order valence-corrected chi connectivity index (χ0v) is 36.6. The van der Waals surface area contributed by atoms with Crippen molar-refractivity contribution in [2.24, 2.45) is 5.92 Å². The summed E-state index contributed by atoms with van der Waals surface area (Å²) >= 11 is 0. The van der Waals surface area contributed by atoms with Crippen LogP contribution in [0.5, 0.6) is 0 Å². The topological polar surface area (TPSA) is 186 Å². The highest BCUT2D eigenvalue weighted by Crippen LogP contribution is 2.27. The third-order valence-corrected chi connectivity index (χ3v) is 10.2. The minimum atomic E-state index is -5.08. The second-order valence-corrected chi connectivity index (χ2v) is 15.5. The number of hydrogen-bond acceptors (Lipinski definition) is 8. The molecule has 2 heterocycles. The number of rotatable bonds is 10. The molecule has 4 aromatic rings. The van der Waals surface area contributed by atoms with Gasteiger partial charge in [0.1, 0.15) is 12.4 Å². The molecule has 0 saturated carbocycles. The van der Waals surface area contributed by atoms with Gasteiger partial charge in [-0.2, -0.15) is 39.5 Å². The molecule has 2 aliphatic rings. The van der Waals surface area contributed by atoms with E-state index in [1.165, 1.54) is 11.6 Å². The van der Waals surface area contributed by atoms with E-state index in [0.29, 0.717) is 36.7 Å². The van der Waals surface area contributed by atoms with Gasteiger partial charge in [-0.05, 0) is 103 Å². The van der Waals surface area contributed by atoms with Crippen LogP contribution >= 0.6 is 0 Å². The molecule has 2 fully saturated rings. The van der Waals surface area contributed by atoms with E-state index in [2.05, 4.69) is 27.7 Å². The molecule has 0 aromatic heterocycles. The lowest BCUT2D eigenvalue weighted by molar-refractivity contribution is -0.193. The molecule has 2 aliphatic heterocycles. The summed E-state index contributed by atoms with van der Waals surface area (Å²) in [6, 6.07) is 30.6. The van der Waals surface area contributed by atoms with E-state index in [-0.39, 0.29) is 30.5 Å². The summed E-state index contributed by atoms with van der Waals surface area (Å²) in [4.78, 5) is 56.6. The van der Waals surface area contributed by atoms with E-state index >= 15 is 4.39 Å². The van der Waals surface area contributed by atoms with E-state index in [1.807, 2.05) is 79.7 Å². The molecule has 1 atom stereocenters. The summed E-state index contributed by atoms with van der Waals surface area (Å²) in [7, 11) is 0. The van der Waals surface area contributed by atoms with Crippen LogP contribution in [0.3, 0.4) is 0 Å². The minimum Gasteiger partial charge on any atom is -0.475 e. The van der Waals surface area contributed by atoms with Gasteiger partial charge in [0.25, 0.3) is 5.91 Å². The Kier molecular flexibility index (Phi) is 21.4. The van der Waals surface area contributed by atoms with E-state index in [1.54, 1.807) is 11.0 Å². The smallest absolute Gasteiger partial charge is 0.475 e. The van der Waals surface area contributed by atoms with Crippen molar-refractivity contribution in [3.05, 3.63) is 131 Å². The van der Waals surface area contributed by atoms with Crippen LogP contribution in [0.1, 0.15) is 52.4 Å². The molecular weight excluding hydrogens is 943 g/mol. The highest BCUT2D eigenvalue weighted by atomic mass is 19.4. The average molecular weight is 991 g/mol. The third kappa shape index (κ3) is 20.2. The Hall–Kier alpha value is -6.75. The molecule has 376 valence electrons. The van der Waals surface area contributed by atoms with Crippen molar-refractivity contribution >= 4 is 29.9 Å². The number of benzene rings is 4. The molecule has 2 amide bonds. The van der Waals surface area contributed by atoms with E-state index < -0.39 is 36.4 Å². The van der Waals surface area contributed by atoms with Gasteiger partial charge in [0.15, 0.2) is 0 Å². The van der Waals surface area contributed by atoms with Crippen LogP contribution in [0.4, 0.5) is 48.7 Å². The Morgan fingerprint density at radius 1 is 0.681 bits per heavy atom. The van der Waals surface area contributed by atoms with Crippen molar-refractivity contribution in [1.82, 2.24) is 20.4 Å². The molecular formula is C46H48F10N4O9. The van der Waals surface area contributed by atoms with E-state index in [9.17, 15) is 49.1 Å². The third-order valence-electron chi connectivity index (χ3n) is 10.2. The maximum absolute atomic E-state index is 15.1. The van der Waals surface area contributed by atoms with Crippen LogP contribution < -0.4 is 10.6 Å². The number of carboxylic acids is 3. The van der Waals surface area contributed by atoms with Crippen molar-refractivity contribution < 1.29 is 87.9 Å². The summed E-state index contributed by atoms with van der Waals surface area (Å²) in [6.45, 7) is 7.43. The van der Waals surface area contributed by atoms with Crippen molar-refractivity contribution in [1.29, 1.82) is 0 Å². The van der Waals surface area contributed by atoms with Gasteiger partial charge in [0.2, 0.25) is 0 Å². The van der Waals surface area contributed by atoms with E-state index in [4.69, 9.17) is 34.4 Å². The quantitative estimate of drug-likeness (QED) is 0.0958. The van der Waals surface area contributed by atoms with Crippen molar-refractivity contribution in [2.75, 3.05) is 32.7 Å². The van der Waals surface area contributed by atoms with Crippen molar-refractivity contribution in [2.45, 2.75) is 70.5 Å². The van der Waals surface area contributed by atoms with Crippen LogP contribution in [0.2, 0.25) is 0 Å². The van der Waals surface area contributed by atoms with Gasteiger partial charge in [-0.1, -0.05) is 66.7 Å². The second-order valence-electron chi connectivity index (χ2n) is 15.5. The van der Waals surface area contributed by atoms with Crippen LogP contribution in [-0.4, -0.2) is 112 Å². The largest absolute Gasteiger partial charge is 0.490 e. The van der Waals surface area contributed by atoms with Gasteiger partial charge in [-0.25, -0.2) is 23.6 Å². The molecule has 6 rings (SSSR count). The number of hydrogen-bond donors (Lipinski definition) is 5. The monoisotopic (exact) mass is 990 g/mol. The fourth-order valence-electron chi connectivity index (χ4n) is 6.79. The Balaban J connectivity index is 0.000000500. The Labute approximate surface area is 388 Å². The van der Waals surface area contributed by atoms with Gasteiger partial charge >= 0.3 is 42.5 Å². The number of nitrogens with one attached hydrogen (secondary N) is 2. The molecule has 0 radical (unpaired) electrons. The zero-order chi connectivity index (χ0) is 51.5. The number of piperazine rings is 1. The molecule has 4 aromatic carbocycles. The first-order chi connectivity index (χ1) is 32.2. The van der Waals surface area contributed by atoms with Crippen molar-refractivity contribution in [3.8, 4) is 11.1 Å². The lowest BCUT2D eigenvalue weighted by Crippen LogP contribution is -2.53. The number of halogens is 10. The highest BCUT2D eigenvalue weighted by Gasteiger charge is 2.39. The molecule has 5 N–H and O–H groups in total. The number of ether oxygens (including phenoxy) is 1. The predicted octanol–water partition coefficient (Wildman–Crippen LogP) is 8.71. The summed E-state index contributed by atoms with van der Waals surface area (Å²) in [6.07, 6.45) is -12.2. The van der Waals surface area contributed by atoms with Gasteiger partial charge in [0, 0.05) is 49.9 Å². The first-order valence-electron chi connectivity index (χ1n) is 20.8. The number of aliphatic carboxylic acids is 3. The van der Waals surface area contributed by atoms with Crippen LogP contribution in [0.25, 0.3) is 11.1 Å². The van der Waals surface area contributed by atoms with Crippen molar-refractivity contribution in [3.63, 3.8) is 0 Å². The molecule has 13 nitrogen and oxygen atoms in total. The maximum atomic E-state index is 15.1. The lowest BCUT2D eigenvalue weighted by Gasteiger charge is -2.39. The Morgan fingerprint density at radius 3 is 1.80 bits per heavy atom. The van der Waals surface area contributed by atoms with Crippen LogP contribution in [-0.2, 0) is 45.2 Å². The standard InChI is InChI=1S/C40H45FN4O3.3C2HF3O2/c1-29-26-44(19-20-45(29)40(47)48-28-31-7-3-2-4-8-31)27-34-10-6-11-35(23-34)37-24-33(13-14-38(37)41)25-43-39(46)36-12-5-9-32(22-36)21-30-15-17-42-18-16-30;3*3-2(4,5)1(6)7/h2-14,22-24,29-30,42H,15-21,25-28H2,1H3,(H,43,46);3*(H,6,7)/t29-;;;/m0.../s1. The van der Waals surface area contributed by atoms with E-state index in [0.717, 1.165) is 67.7 Å². The minimum absolute atomic E-state index is 0.00598. The summed E-state index contributed by atoms with van der Waals surface area (Å²) < 4.78 is 116. The van der Waals surface area contributed by atoms with Gasteiger partial charge < -0.3 is 35.6 Å². The fourth-order valence-corrected chi connectivity index (χ4v) is 6.79. The number of alkyl halides is 9. The second kappa shape index (κ2) is 26.1. The summed E-state index contributed by atoms with van der Waals surface area (Å²) in [5.74, 6) is -8.05. The predicted molar refractivity (Wildman–Crippen MR) is 228 cm³/mol. The number of nitrogens with zero attached hydrogens (tertiary/aromatic N) is 2. The highest BCUT2D eigenvalue weighted by molar-refractivity contribution is 5.94. The van der Waals surface area contributed by atoms with Crippen LogP contribution in [0, 0.1) is 11.7 Å². The normalized spacial score (nSPS) is 15.4. The van der Waals surface area contributed by atoms with Crippen LogP contribution in [0.15, 0.2) is 97.1 Å². The number of amides is 2. The molecule has 0 bridgehead atoms. The number of carboxylic acid groups (broad SMARTS) is 3. The molecule has 0 aliphatic carbocycles. The molecule has 2 saturated heterocycles. The average Bonchev–Trinajstić information content (AvgIpc) is 3.28. The lowest BCUT2D eigenvalue weighted by atomic mass is 9.90. The molecule has 0 unspecified atom stereocenters. The molecule has 0 spiro atoms. The summed E-state index contributed by atoms with van der Waals surface area (Å²) in [5.41, 5.74) is 6.01.